The first-order valence-corrected chi connectivity index (χ1v) is 8.62. The van der Waals surface area contributed by atoms with E-state index in [2.05, 4.69) is 42.0 Å². The monoisotopic (exact) mass is 327 g/mol. The average molecular weight is 327 g/mol. The van der Waals surface area contributed by atoms with Gasteiger partial charge in [-0.2, -0.15) is 4.98 Å². The number of piperazine rings is 1. The van der Waals surface area contributed by atoms with E-state index in [1.807, 2.05) is 19.1 Å². The molecule has 0 spiro atoms. The molecule has 3 heterocycles. The number of unbranched alkanes of at least 4 members (excludes halogenated alkanes) is 1. The molecule has 0 atom stereocenters. The zero-order valence-corrected chi connectivity index (χ0v) is 14.4. The van der Waals surface area contributed by atoms with Crippen LogP contribution in [0.1, 0.15) is 25.5 Å². The Balaban J connectivity index is 1.63. The molecular weight excluding hydrogens is 302 g/mol. The third-order valence-electron chi connectivity index (χ3n) is 4.08. The summed E-state index contributed by atoms with van der Waals surface area (Å²) in [7, 11) is 0. The second kappa shape index (κ2) is 7.90. The van der Waals surface area contributed by atoms with Gasteiger partial charge in [-0.1, -0.05) is 13.3 Å². The summed E-state index contributed by atoms with van der Waals surface area (Å²) in [5, 5.41) is 3.39. The van der Waals surface area contributed by atoms with Crippen LogP contribution < -0.4 is 15.1 Å². The highest BCUT2D eigenvalue weighted by atomic mass is 15.4. The van der Waals surface area contributed by atoms with Crippen molar-refractivity contribution in [3.63, 3.8) is 0 Å². The number of aryl methyl sites for hydroxylation is 1. The minimum Gasteiger partial charge on any atom is -0.370 e. The van der Waals surface area contributed by atoms with Gasteiger partial charge in [0.15, 0.2) is 0 Å². The number of aromatic nitrogens is 4. The summed E-state index contributed by atoms with van der Waals surface area (Å²) in [5.74, 6) is 2.52. The molecule has 7 heteroatoms. The zero-order chi connectivity index (χ0) is 16.8. The summed E-state index contributed by atoms with van der Waals surface area (Å²) in [4.78, 5) is 22.4. The molecule has 2 aromatic heterocycles. The lowest BCUT2D eigenvalue weighted by atomic mass is 10.3. The summed E-state index contributed by atoms with van der Waals surface area (Å²) in [6.07, 6.45) is 5.89. The van der Waals surface area contributed by atoms with Crippen molar-refractivity contribution < 1.29 is 0 Å². The highest BCUT2D eigenvalue weighted by Gasteiger charge is 2.21. The molecule has 0 amide bonds. The van der Waals surface area contributed by atoms with Crippen molar-refractivity contribution in [2.24, 2.45) is 0 Å². The van der Waals surface area contributed by atoms with E-state index in [9.17, 15) is 0 Å². The van der Waals surface area contributed by atoms with Crippen molar-refractivity contribution in [3.05, 3.63) is 30.2 Å². The van der Waals surface area contributed by atoms with Gasteiger partial charge in [0.05, 0.1) is 0 Å². The van der Waals surface area contributed by atoms with Gasteiger partial charge in [0, 0.05) is 56.9 Å². The van der Waals surface area contributed by atoms with Crippen LogP contribution in [0.4, 0.5) is 17.7 Å². The number of hydrogen-bond acceptors (Lipinski definition) is 7. The maximum Gasteiger partial charge on any atom is 0.227 e. The fourth-order valence-corrected chi connectivity index (χ4v) is 2.74. The quantitative estimate of drug-likeness (QED) is 0.815. The van der Waals surface area contributed by atoms with E-state index in [0.717, 1.165) is 62.6 Å². The average Bonchev–Trinajstić information content (AvgIpc) is 2.62. The minimum atomic E-state index is 0.796. The molecule has 24 heavy (non-hydrogen) atoms. The largest absolute Gasteiger partial charge is 0.370 e. The maximum absolute atomic E-state index is 4.68. The predicted molar refractivity (Wildman–Crippen MR) is 96.6 cm³/mol. The van der Waals surface area contributed by atoms with E-state index in [1.165, 1.54) is 6.42 Å². The number of rotatable bonds is 6. The van der Waals surface area contributed by atoms with Crippen molar-refractivity contribution in [2.45, 2.75) is 26.7 Å². The Morgan fingerprint density at radius 2 is 1.67 bits per heavy atom. The Kier molecular flexibility index (Phi) is 5.40. The van der Waals surface area contributed by atoms with E-state index in [1.54, 1.807) is 12.4 Å². The van der Waals surface area contributed by atoms with E-state index in [4.69, 9.17) is 0 Å². The van der Waals surface area contributed by atoms with Gasteiger partial charge in [-0.3, -0.25) is 0 Å². The first-order valence-electron chi connectivity index (χ1n) is 8.62. The highest BCUT2D eigenvalue weighted by Crippen LogP contribution is 2.17. The van der Waals surface area contributed by atoms with Crippen LogP contribution in [-0.4, -0.2) is 52.7 Å². The van der Waals surface area contributed by atoms with E-state index in [0.29, 0.717) is 0 Å². The number of hydrogen-bond donors (Lipinski definition) is 1. The second-order valence-electron chi connectivity index (χ2n) is 6.00. The molecule has 0 bridgehead atoms. The molecule has 3 rings (SSSR count). The molecular formula is C17H25N7. The molecule has 0 aromatic carbocycles. The van der Waals surface area contributed by atoms with E-state index >= 15 is 0 Å². The van der Waals surface area contributed by atoms with Gasteiger partial charge in [-0.25, -0.2) is 15.0 Å². The molecule has 1 aliphatic rings. The van der Waals surface area contributed by atoms with Crippen molar-refractivity contribution in [1.82, 2.24) is 19.9 Å². The zero-order valence-electron chi connectivity index (χ0n) is 14.4. The summed E-state index contributed by atoms with van der Waals surface area (Å²) in [6.45, 7) is 8.65. The molecule has 1 saturated heterocycles. The molecule has 7 nitrogen and oxygen atoms in total. The lowest BCUT2D eigenvalue weighted by Crippen LogP contribution is -2.47. The van der Waals surface area contributed by atoms with Crippen molar-refractivity contribution in [2.75, 3.05) is 47.8 Å². The minimum absolute atomic E-state index is 0.796. The van der Waals surface area contributed by atoms with Crippen molar-refractivity contribution >= 4 is 17.7 Å². The molecule has 1 N–H and O–H groups in total. The van der Waals surface area contributed by atoms with Gasteiger partial charge < -0.3 is 15.1 Å². The van der Waals surface area contributed by atoms with Crippen LogP contribution >= 0.6 is 0 Å². The molecule has 0 radical (unpaired) electrons. The summed E-state index contributed by atoms with van der Waals surface area (Å²) in [5.41, 5.74) is 0.993. The third kappa shape index (κ3) is 4.10. The normalized spacial score (nSPS) is 14.8. The molecule has 2 aromatic rings. The lowest BCUT2D eigenvalue weighted by molar-refractivity contribution is 0.627. The van der Waals surface area contributed by atoms with Crippen LogP contribution in [0.25, 0.3) is 0 Å². The summed E-state index contributed by atoms with van der Waals surface area (Å²) < 4.78 is 0. The van der Waals surface area contributed by atoms with Gasteiger partial charge in [-0.15, -0.1) is 0 Å². The molecule has 1 aliphatic heterocycles. The molecule has 128 valence electrons. The van der Waals surface area contributed by atoms with Crippen molar-refractivity contribution in [3.8, 4) is 0 Å². The first-order chi connectivity index (χ1) is 11.8. The molecule has 0 aliphatic carbocycles. The number of nitrogens with one attached hydrogen (secondary N) is 1. The summed E-state index contributed by atoms with van der Waals surface area (Å²) in [6, 6.07) is 3.85. The van der Waals surface area contributed by atoms with Crippen LogP contribution in [-0.2, 0) is 0 Å². The Labute approximate surface area is 143 Å². The van der Waals surface area contributed by atoms with Gasteiger partial charge in [0.1, 0.15) is 5.82 Å². The molecule has 1 fully saturated rings. The van der Waals surface area contributed by atoms with Crippen molar-refractivity contribution in [1.29, 1.82) is 0 Å². The maximum atomic E-state index is 4.68. The van der Waals surface area contributed by atoms with Crippen LogP contribution in [0.15, 0.2) is 24.5 Å². The SMILES string of the molecule is CCCCNc1cc(C)nc(N2CCN(c3ncccn3)CC2)n1. The van der Waals surface area contributed by atoms with Gasteiger partial charge in [0.25, 0.3) is 0 Å². The van der Waals surface area contributed by atoms with Crippen LogP contribution in [0.3, 0.4) is 0 Å². The Morgan fingerprint density at radius 1 is 1.00 bits per heavy atom. The highest BCUT2D eigenvalue weighted by molar-refractivity contribution is 5.45. The Hall–Kier alpha value is -2.44. The standard InChI is InChI=1S/C17H25N7/c1-3-4-6-18-15-13-14(2)21-17(22-15)24-11-9-23(10-12-24)16-19-7-5-8-20-16/h5,7-8,13H,3-4,6,9-12H2,1-2H3,(H,18,21,22). The molecule has 0 saturated carbocycles. The van der Waals surface area contributed by atoms with Gasteiger partial charge in [-0.05, 0) is 19.4 Å². The Bertz CT molecular complexity index is 639. The lowest BCUT2D eigenvalue weighted by Gasteiger charge is -2.34. The summed E-state index contributed by atoms with van der Waals surface area (Å²) >= 11 is 0. The van der Waals surface area contributed by atoms with Gasteiger partial charge >= 0.3 is 0 Å². The van der Waals surface area contributed by atoms with Crippen LogP contribution in [0.5, 0.6) is 0 Å². The van der Waals surface area contributed by atoms with Crippen LogP contribution in [0.2, 0.25) is 0 Å². The Morgan fingerprint density at radius 3 is 2.33 bits per heavy atom. The topological polar surface area (TPSA) is 70.1 Å². The van der Waals surface area contributed by atoms with E-state index < -0.39 is 0 Å². The van der Waals surface area contributed by atoms with E-state index in [-0.39, 0.29) is 0 Å². The third-order valence-corrected chi connectivity index (χ3v) is 4.08. The second-order valence-corrected chi connectivity index (χ2v) is 6.00. The number of anilines is 3. The number of nitrogens with zero attached hydrogens (tertiary/aromatic N) is 6. The first kappa shape index (κ1) is 16.4. The molecule has 0 unspecified atom stereocenters. The fraction of sp³-hybridized carbons (Fsp3) is 0.529. The van der Waals surface area contributed by atoms with Crippen LogP contribution in [0, 0.1) is 6.92 Å². The smallest absolute Gasteiger partial charge is 0.227 e. The van der Waals surface area contributed by atoms with Gasteiger partial charge in [0.2, 0.25) is 11.9 Å². The fourth-order valence-electron chi connectivity index (χ4n) is 2.74. The predicted octanol–water partition coefficient (Wildman–Crippen LogP) is 2.11.